The van der Waals surface area contributed by atoms with Crippen LogP contribution in [0.3, 0.4) is 0 Å². The Morgan fingerprint density at radius 3 is 1.59 bits per heavy atom. The van der Waals surface area contributed by atoms with E-state index < -0.39 is 0 Å². The average Bonchev–Trinajstić information content (AvgIpc) is 3.85. The van der Waals surface area contributed by atoms with Crippen molar-refractivity contribution in [2.24, 2.45) is 0 Å². The third-order valence-electron chi connectivity index (χ3n) is 12.0. The fourth-order valence-corrected chi connectivity index (χ4v) is 11.6. The van der Waals surface area contributed by atoms with Crippen molar-refractivity contribution in [1.82, 2.24) is 4.57 Å². The topological polar surface area (TPSA) is 8.17 Å². The summed E-state index contributed by atoms with van der Waals surface area (Å²) in [4.78, 5) is 2.43. The van der Waals surface area contributed by atoms with E-state index in [0.717, 1.165) is 22.7 Å². The number of hydrogen-bond acceptors (Lipinski definition) is 1. The molecule has 0 spiro atoms. The number of fused-ring (bicyclic) bond motifs is 9. The van der Waals surface area contributed by atoms with E-state index in [9.17, 15) is 0 Å². The van der Waals surface area contributed by atoms with Gasteiger partial charge in [-0.2, -0.15) is 0 Å². The largest absolute Gasteiger partial charge is 0.0602 e. The molecule has 3 heteroatoms. The van der Waals surface area contributed by atoms with Crippen LogP contribution in [-0.4, -0.2) is 19.1 Å². The maximum atomic E-state index is 2.43. The molecule has 0 fully saturated rings. The van der Waals surface area contributed by atoms with Gasteiger partial charge in [-0.25, -0.2) is 0 Å². The number of nitrogens with zero attached hydrogens (tertiary/aromatic N) is 2. The molecule has 0 aliphatic rings. The van der Waals surface area contributed by atoms with Gasteiger partial charge >= 0.3 is 215 Å². The van der Waals surface area contributed by atoms with Gasteiger partial charge in [-0.1, -0.05) is 72.8 Å². The monoisotopic (exact) mass is 816 g/mol. The fourth-order valence-electron chi connectivity index (χ4n) is 9.16. The molecule has 0 saturated carbocycles. The van der Waals surface area contributed by atoms with Crippen molar-refractivity contribution in [1.29, 1.82) is 0 Å². The Labute approximate surface area is 348 Å². The molecule has 0 bridgehead atoms. The number of hydrogen-bond donors (Lipinski definition) is 0. The first kappa shape index (κ1) is 33.9. The maximum Gasteiger partial charge on any atom is 0.0547 e. The van der Waals surface area contributed by atoms with Crippen molar-refractivity contribution < 1.29 is 0 Å². The van der Waals surface area contributed by atoms with Crippen LogP contribution in [-0.2, 0) is 0 Å². The summed E-state index contributed by atoms with van der Waals surface area (Å²) in [6.45, 7) is 0. The molecule has 2 nitrogen and oxygen atoms in total. The van der Waals surface area contributed by atoms with Crippen LogP contribution in [0.4, 0.5) is 17.1 Å². The summed E-state index contributed by atoms with van der Waals surface area (Å²) < 4.78 is 5.33. The summed E-state index contributed by atoms with van der Waals surface area (Å²) in [7, 11) is 0. The number of benzene rings is 10. The smallest absolute Gasteiger partial charge is 0.0547 e. The summed E-state index contributed by atoms with van der Waals surface area (Å²) in [5, 5.41) is 10.3. The number of rotatable bonds is 6. The van der Waals surface area contributed by atoms with Gasteiger partial charge in [0.15, 0.2) is 0 Å². The van der Waals surface area contributed by atoms with Crippen molar-refractivity contribution in [3.05, 3.63) is 218 Å². The van der Waals surface area contributed by atoms with E-state index in [-0.39, 0.29) is 0 Å². The Morgan fingerprint density at radius 1 is 0.322 bits per heavy atom. The van der Waals surface area contributed by atoms with E-state index in [2.05, 4.69) is 228 Å². The predicted molar refractivity (Wildman–Crippen MR) is 253 cm³/mol. The quantitative estimate of drug-likeness (QED) is 0.120. The Bertz CT molecular complexity index is 3540. The Hall–Kier alpha value is -7.16. The van der Waals surface area contributed by atoms with Gasteiger partial charge in [0.1, 0.15) is 0 Å². The summed E-state index contributed by atoms with van der Waals surface area (Å²) in [6, 6.07) is 80.4. The number of anilines is 3. The second-order valence-electron chi connectivity index (χ2n) is 15.3. The van der Waals surface area contributed by atoms with E-state index >= 15 is 0 Å². The van der Waals surface area contributed by atoms with Gasteiger partial charge in [-0.3, -0.25) is 0 Å². The molecule has 0 atom stereocenters. The van der Waals surface area contributed by atoms with Gasteiger partial charge < -0.3 is 4.57 Å². The van der Waals surface area contributed by atoms with Crippen LogP contribution in [0, 0.1) is 0 Å². The van der Waals surface area contributed by atoms with E-state index in [1.54, 1.807) is 0 Å². The molecule has 2 aromatic heterocycles. The Morgan fingerprint density at radius 2 is 0.847 bits per heavy atom. The van der Waals surface area contributed by atoms with Crippen LogP contribution >= 0.6 is 0 Å². The van der Waals surface area contributed by atoms with Crippen molar-refractivity contribution in [2.45, 2.75) is 0 Å². The second-order valence-corrected chi connectivity index (χ2v) is 17.6. The van der Waals surface area contributed by atoms with Gasteiger partial charge in [0.25, 0.3) is 0 Å². The SMILES string of the molecule is c1ccc(-n2c3ccccc3c3ccc(-c4ccc(N(c5ccc(-c6ccc7c(c6)[se]c6ccccc67)cc5)c5cc6ccccc6c6ccccc56)cc4)cc32)cc1. The molecule has 0 aliphatic carbocycles. The van der Waals surface area contributed by atoms with E-state index in [1.807, 2.05) is 0 Å². The third kappa shape index (κ3) is 5.62. The zero-order chi connectivity index (χ0) is 38.9. The number of aromatic nitrogens is 1. The van der Waals surface area contributed by atoms with Crippen LogP contribution in [0.5, 0.6) is 0 Å². The van der Waals surface area contributed by atoms with Crippen LogP contribution in [0.2, 0.25) is 0 Å². The Kier molecular flexibility index (Phi) is 7.91. The molecule has 0 aliphatic heterocycles. The molecule has 0 radical (unpaired) electrons. The summed E-state index contributed by atoms with van der Waals surface area (Å²) in [6.07, 6.45) is 0. The standard InChI is InChI=1S/C56H36N2Se/c1-2-13-42(14-3-1)58-52-20-10-8-18-48(52)49-32-26-39(34-54(49)58)37-22-28-43(29-23-37)57(53-35-41-12-4-5-15-45(41)46-16-6-7-17-47(46)53)44-30-24-38(25-31-44)40-27-33-51-50-19-9-11-21-55(50)59-56(51)36-40/h1-36H. The van der Waals surface area contributed by atoms with Crippen LogP contribution in [0.1, 0.15) is 0 Å². The summed E-state index contributed by atoms with van der Waals surface area (Å²) >= 11 is 0.327. The van der Waals surface area contributed by atoms with Crippen molar-refractivity contribution in [3.63, 3.8) is 0 Å². The zero-order valence-corrected chi connectivity index (χ0v) is 33.8. The van der Waals surface area contributed by atoms with E-state index in [1.165, 1.54) is 84.9 Å². The first-order chi connectivity index (χ1) is 29.2. The zero-order valence-electron chi connectivity index (χ0n) is 32.1. The molecule has 10 aromatic carbocycles. The molecule has 59 heavy (non-hydrogen) atoms. The van der Waals surface area contributed by atoms with Gasteiger partial charge in [-0.15, -0.1) is 0 Å². The maximum absolute atomic E-state index is 2.43. The molecule has 276 valence electrons. The summed E-state index contributed by atoms with van der Waals surface area (Å²) in [5.74, 6) is 0. The minimum Gasteiger partial charge on any atom is -0.0602 e. The minimum absolute atomic E-state index is 0.327. The first-order valence-electron chi connectivity index (χ1n) is 20.2. The van der Waals surface area contributed by atoms with Gasteiger partial charge in [0.05, 0.1) is 11.0 Å². The molecule has 0 amide bonds. The van der Waals surface area contributed by atoms with Gasteiger partial charge in [-0.05, 0) is 29.8 Å². The molecular weight excluding hydrogens is 780 g/mol. The molecule has 0 saturated heterocycles. The first-order valence-corrected chi connectivity index (χ1v) is 21.9. The molecular formula is C56H36N2Se. The number of para-hydroxylation sites is 2. The molecule has 2 heterocycles. The summed E-state index contributed by atoms with van der Waals surface area (Å²) in [5.41, 5.74) is 11.8. The molecule has 12 rings (SSSR count). The predicted octanol–water partition coefficient (Wildman–Crippen LogP) is 15.3. The molecule has 0 unspecified atom stereocenters. The van der Waals surface area contributed by atoms with Crippen LogP contribution in [0.15, 0.2) is 218 Å². The van der Waals surface area contributed by atoms with Crippen LogP contribution < -0.4 is 4.90 Å². The average molecular weight is 816 g/mol. The van der Waals surface area contributed by atoms with Crippen molar-refractivity contribution >= 4 is 94.2 Å². The van der Waals surface area contributed by atoms with Crippen molar-refractivity contribution in [2.75, 3.05) is 4.90 Å². The molecule has 0 N–H and O–H groups in total. The normalized spacial score (nSPS) is 11.7. The van der Waals surface area contributed by atoms with E-state index in [0.29, 0.717) is 14.5 Å². The third-order valence-corrected chi connectivity index (χ3v) is 14.4. The second kappa shape index (κ2) is 13.7. The molecule has 12 aromatic rings. The Balaban J connectivity index is 0.984. The van der Waals surface area contributed by atoms with Gasteiger partial charge in [0.2, 0.25) is 0 Å². The van der Waals surface area contributed by atoms with Crippen LogP contribution in [0.25, 0.3) is 90.6 Å². The fraction of sp³-hybridized carbons (Fsp3) is 0. The minimum atomic E-state index is 0.327. The van der Waals surface area contributed by atoms with Gasteiger partial charge in [0, 0.05) is 16.5 Å². The van der Waals surface area contributed by atoms with Crippen molar-refractivity contribution in [3.8, 4) is 27.9 Å². The van der Waals surface area contributed by atoms with E-state index in [4.69, 9.17) is 0 Å².